The second-order valence-corrected chi connectivity index (χ2v) is 5.60. The molecule has 0 amide bonds. The average Bonchev–Trinajstić information content (AvgIpc) is 2.68. The minimum Gasteiger partial charge on any atom is -0.480 e. The molecule has 4 nitrogen and oxygen atoms in total. The van der Waals surface area contributed by atoms with Crippen molar-refractivity contribution in [2.24, 2.45) is 0 Å². The van der Waals surface area contributed by atoms with E-state index in [4.69, 9.17) is 5.11 Å². The van der Waals surface area contributed by atoms with Gasteiger partial charge in [-0.1, -0.05) is 22.9 Å². The van der Waals surface area contributed by atoms with Gasteiger partial charge < -0.3 is 5.11 Å². The van der Waals surface area contributed by atoms with E-state index in [0.717, 1.165) is 16.1 Å². The number of para-hydroxylation sites is 2. The highest BCUT2D eigenvalue weighted by molar-refractivity contribution is 8.77. The van der Waals surface area contributed by atoms with Gasteiger partial charge in [0.15, 0.2) is 5.25 Å². The molecule has 0 saturated heterocycles. The van der Waals surface area contributed by atoms with Crippen molar-refractivity contribution >= 4 is 38.6 Å². The summed E-state index contributed by atoms with van der Waals surface area (Å²) in [5.41, 5.74) is 2.12. The molecule has 1 aromatic heterocycles. The van der Waals surface area contributed by atoms with Crippen LogP contribution in [0.3, 0.4) is 0 Å². The van der Waals surface area contributed by atoms with Crippen LogP contribution in [0.25, 0.3) is 11.0 Å². The summed E-state index contributed by atoms with van der Waals surface area (Å²) in [6.07, 6.45) is 0. The number of aliphatic carboxylic acids is 1. The van der Waals surface area contributed by atoms with Crippen molar-refractivity contribution in [2.45, 2.75) is 10.3 Å². The first-order valence-electron chi connectivity index (χ1n) is 4.58. The van der Waals surface area contributed by atoms with Gasteiger partial charge in [-0.15, -0.1) is 0 Å². The number of rotatable bonds is 1. The zero-order chi connectivity index (χ0) is 11.1. The number of carboxylic acids is 1. The molecule has 16 heavy (non-hydrogen) atoms. The minimum absolute atomic E-state index is 0.571. The number of benzene rings is 1. The maximum atomic E-state index is 11.0. The predicted molar refractivity (Wildman–Crippen MR) is 63.4 cm³/mol. The third kappa shape index (κ3) is 1.45. The molecule has 2 heterocycles. The van der Waals surface area contributed by atoms with E-state index in [-0.39, 0.29) is 0 Å². The molecule has 6 heteroatoms. The fourth-order valence-electron chi connectivity index (χ4n) is 1.53. The van der Waals surface area contributed by atoms with Crippen molar-refractivity contribution in [3.8, 4) is 0 Å². The first-order chi connectivity index (χ1) is 7.75. The van der Waals surface area contributed by atoms with Gasteiger partial charge in [0.25, 0.3) is 0 Å². The largest absolute Gasteiger partial charge is 0.480 e. The Morgan fingerprint density at radius 1 is 1.25 bits per heavy atom. The molecule has 1 aromatic carbocycles. The average molecular weight is 250 g/mol. The molecule has 0 aliphatic carbocycles. The Bertz CT molecular complexity index is 588. The second kappa shape index (κ2) is 3.64. The van der Waals surface area contributed by atoms with E-state index in [0.29, 0.717) is 5.69 Å². The minimum atomic E-state index is -0.860. The summed E-state index contributed by atoms with van der Waals surface area (Å²) in [7, 11) is 2.66. The number of carboxylic acid groups (broad SMARTS) is 1. The Kier molecular flexibility index (Phi) is 2.26. The Hall–Kier alpha value is -1.27. The molecule has 1 atom stereocenters. The normalized spacial score (nSPS) is 18.6. The zero-order valence-electron chi connectivity index (χ0n) is 7.95. The maximum absolute atomic E-state index is 11.0. The molecule has 0 bridgehead atoms. The third-order valence-electron chi connectivity index (χ3n) is 2.26. The molecule has 0 spiro atoms. The van der Waals surface area contributed by atoms with Gasteiger partial charge in [0.1, 0.15) is 5.03 Å². The molecule has 0 saturated carbocycles. The van der Waals surface area contributed by atoms with Crippen molar-refractivity contribution < 1.29 is 9.90 Å². The van der Waals surface area contributed by atoms with E-state index in [1.807, 2.05) is 24.3 Å². The lowest BCUT2D eigenvalue weighted by atomic mass is 10.2. The van der Waals surface area contributed by atoms with Gasteiger partial charge in [-0.3, -0.25) is 4.79 Å². The van der Waals surface area contributed by atoms with E-state index in [1.54, 1.807) is 0 Å². The van der Waals surface area contributed by atoms with Gasteiger partial charge in [-0.25, -0.2) is 9.97 Å². The van der Waals surface area contributed by atoms with Gasteiger partial charge in [0.05, 0.1) is 16.7 Å². The maximum Gasteiger partial charge on any atom is 0.323 e. The highest BCUT2D eigenvalue weighted by Crippen LogP contribution is 2.51. The number of carbonyl (C=O) groups is 1. The van der Waals surface area contributed by atoms with Gasteiger partial charge in [0.2, 0.25) is 0 Å². The van der Waals surface area contributed by atoms with E-state index in [9.17, 15) is 4.79 Å². The second-order valence-electron chi connectivity index (χ2n) is 3.30. The van der Waals surface area contributed by atoms with Gasteiger partial charge in [-0.05, 0) is 22.9 Å². The SMILES string of the molecule is O=C(O)C1SSc2nc3ccccc3nc21. The monoisotopic (exact) mass is 250 g/mol. The summed E-state index contributed by atoms with van der Waals surface area (Å²) in [5, 5.41) is 9.15. The molecule has 3 rings (SSSR count). The van der Waals surface area contributed by atoms with Crippen LogP contribution in [-0.4, -0.2) is 21.0 Å². The van der Waals surface area contributed by atoms with Crippen molar-refractivity contribution in [1.82, 2.24) is 9.97 Å². The number of fused-ring (bicyclic) bond motifs is 2. The molecule has 80 valence electrons. The standard InChI is InChI=1S/C10H6N2O2S2/c13-10(14)8-7-9(16-15-8)12-6-4-2-1-3-5(6)11-7/h1-4,8H,(H,13,14). The molecule has 1 unspecified atom stereocenters. The first kappa shape index (κ1) is 9.92. The lowest BCUT2D eigenvalue weighted by Crippen LogP contribution is -2.07. The van der Waals surface area contributed by atoms with Crippen LogP contribution < -0.4 is 0 Å². The van der Waals surface area contributed by atoms with Gasteiger partial charge >= 0.3 is 5.97 Å². The Morgan fingerprint density at radius 2 is 1.94 bits per heavy atom. The van der Waals surface area contributed by atoms with E-state index in [1.165, 1.54) is 21.6 Å². The molecule has 1 N–H and O–H groups in total. The van der Waals surface area contributed by atoms with E-state index in [2.05, 4.69) is 9.97 Å². The van der Waals surface area contributed by atoms with Crippen molar-refractivity contribution in [2.75, 3.05) is 0 Å². The number of hydrogen-bond donors (Lipinski definition) is 1. The lowest BCUT2D eigenvalue weighted by Gasteiger charge is -2.03. The Labute approximate surface area is 98.9 Å². The third-order valence-corrected chi connectivity index (χ3v) is 4.77. The number of aromatic nitrogens is 2. The van der Waals surface area contributed by atoms with Crippen LogP contribution in [0.2, 0.25) is 0 Å². The fourth-order valence-corrected chi connectivity index (χ4v) is 3.96. The van der Waals surface area contributed by atoms with E-state index >= 15 is 0 Å². The van der Waals surface area contributed by atoms with Crippen LogP contribution in [0.15, 0.2) is 29.3 Å². The van der Waals surface area contributed by atoms with E-state index < -0.39 is 11.2 Å². The highest BCUT2D eigenvalue weighted by Gasteiger charge is 2.33. The molecule has 0 fully saturated rings. The molecule has 1 aliphatic heterocycles. The highest BCUT2D eigenvalue weighted by atomic mass is 33.1. The Balaban J connectivity index is 2.23. The smallest absolute Gasteiger partial charge is 0.323 e. The van der Waals surface area contributed by atoms with Gasteiger partial charge in [0, 0.05) is 0 Å². The zero-order valence-corrected chi connectivity index (χ0v) is 9.59. The molecule has 0 radical (unpaired) electrons. The van der Waals surface area contributed by atoms with Crippen molar-refractivity contribution in [3.05, 3.63) is 30.0 Å². The number of nitrogens with zero attached hydrogens (tertiary/aromatic N) is 2. The van der Waals surface area contributed by atoms with Crippen LogP contribution in [-0.2, 0) is 4.79 Å². The van der Waals surface area contributed by atoms with Crippen LogP contribution >= 0.6 is 21.6 Å². The molecular formula is C10H6N2O2S2. The summed E-state index contributed by atoms with van der Waals surface area (Å²) in [6, 6.07) is 7.48. The Morgan fingerprint density at radius 3 is 2.62 bits per heavy atom. The summed E-state index contributed by atoms with van der Waals surface area (Å²) < 4.78 is 0. The predicted octanol–water partition coefficient (Wildman–Crippen LogP) is 2.51. The summed E-state index contributed by atoms with van der Waals surface area (Å²) in [5.74, 6) is -0.860. The molecular weight excluding hydrogens is 244 g/mol. The summed E-state index contributed by atoms with van der Waals surface area (Å²) >= 11 is 0. The van der Waals surface area contributed by atoms with Crippen LogP contribution in [0.4, 0.5) is 0 Å². The summed E-state index contributed by atoms with van der Waals surface area (Å²) in [4.78, 5) is 19.8. The van der Waals surface area contributed by atoms with Crippen LogP contribution in [0.1, 0.15) is 10.9 Å². The first-order valence-corrected chi connectivity index (χ1v) is 6.80. The van der Waals surface area contributed by atoms with Crippen molar-refractivity contribution in [3.63, 3.8) is 0 Å². The summed E-state index contributed by atoms with van der Waals surface area (Å²) in [6.45, 7) is 0. The number of hydrogen-bond acceptors (Lipinski definition) is 5. The van der Waals surface area contributed by atoms with Gasteiger partial charge in [-0.2, -0.15) is 0 Å². The van der Waals surface area contributed by atoms with Crippen LogP contribution in [0.5, 0.6) is 0 Å². The fraction of sp³-hybridized carbons (Fsp3) is 0.100. The topological polar surface area (TPSA) is 63.1 Å². The van der Waals surface area contributed by atoms with Crippen LogP contribution in [0, 0.1) is 0 Å². The molecule has 1 aliphatic rings. The lowest BCUT2D eigenvalue weighted by molar-refractivity contribution is -0.136. The van der Waals surface area contributed by atoms with Crippen molar-refractivity contribution in [1.29, 1.82) is 0 Å². The quantitative estimate of drug-likeness (QED) is 0.785. The molecule has 2 aromatic rings.